The van der Waals surface area contributed by atoms with Gasteiger partial charge in [0, 0.05) is 31.8 Å². The summed E-state index contributed by atoms with van der Waals surface area (Å²) in [6.07, 6.45) is 1.71. The summed E-state index contributed by atoms with van der Waals surface area (Å²) in [5, 5.41) is 11.0. The number of nitrogens with zero attached hydrogens (tertiary/aromatic N) is 2. The fourth-order valence-corrected chi connectivity index (χ4v) is 2.59. The molecule has 1 amide bonds. The number of ether oxygens (including phenoxy) is 1. The number of nitrogen functional groups attached to an aromatic ring is 1. The molecule has 7 nitrogen and oxygen atoms in total. The van der Waals surface area contributed by atoms with E-state index in [9.17, 15) is 14.9 Å². The molecule has 1 fully saturated rings. The van der Waals surface area contributed by atoms with Crippen LogP contribution in [0.5, 0.6) is 0 Å². The summed E-state index contributed by atoms with van der Waals surface area (Å²) in [6, 6.07) is 2.53. The minimum atomic E-state index is -0.647. The van der Waals surface area contributed by atoms with Crippen molar-refractivity contribution in [2.45, 2.75) is 18.9 Å². The average molecular weight is 314 g/mol. The molecule has 2 N–H and O–H groups in total. The molecule has 2 rings (SSSR count). The molecule has 0 aliphatic carbocycles. The van der Waals surface area contributed by atoms with E-state index >= 15 is 0 Å². The van der Waals surface area contributed by atoms with Gasteiger partial charge < -0.3 is 15.4 Å². The van der Waals surface area contributed by atoms with E-state index in [1.54, 1.807) is 12.0 Å². The van der Waals surface area contributed by atoms with Gasteiger partial charge in [-0.05, 0) is 18.9 Å². The number of amides is 1. The minimum Gasteiger partial charge on any atom is -0.392 e. The number of carbonyl (C=O) groups excluding carboxylic acids is 1. The fraction of sp³-hybridized carbons (Fsp3) is 0.462. The van der Waals surface area contributed by atoms with Crippen LogP contribution in [0.25, 0.3) is 0 Å². The molecule has 1 atom stereocenters. The van der Waals surface area contributed by atoms with Crippen molar-refractivity contribution < 1.29 is 14.5 Å². The quantitative estimate of drug-likeness (QED) is 0.523. The number of nitro benzene ring substituents is 1. The van der Waals surface area contributed by atoms with Gasteiger partial charge in [0.25, 0.3) is 11.6 Å². The molecule has 1 aromatic carbocycles. The number of halogens is 1. The monoisotopic (exact) mass is 313 g/mol. The van der Waals surface area contributed by atoms with Crippen LogP contribution in [-0.2, 0) is 4.74 Å². The Morgan fingerprint density at radius 3 is 2.90 bits per heavy atom. The Balaban J connectivity index is 2.29. The topological polar surface area (TPSA) is 98.7 Å². The maximum Gasteiger partial charge on any atom is 0.294 e. The van der Waals surface area contributed by atoms with Crippen LogP contribution < -0.4 is 5.73 Å². The molecular weight excluding hydrogens is 298 g/mol. The standard InChI is InChI=1S/C13H16ClN3O4/c1-21-9-3-2-4-16(7-9)13(18)8-5-10(14)12(15)11(6-8)17(19)20/h5-6,9H,2-4,7,15H2,1H3. The largest absolute Gasteiger partial charge is 0.392 e. The third-order valence-corrected chi connectivity index (χ3v) is 3.86. The van der Waals surface area contributed by atoms with E-state index in [1.807, 2.05) is 0 Å². The number of methoxy groups -OCH3 is 1. The van der Waals surface area contributed by atoms with Crippen LogP contribution in [0.2, 0.25) is 5.02 Å². The number of piperidine rings is 1. The summed E-state index contributed by atoms with van der Waals surface area (Å²) in [5.41, 5.74) is 5.23. The summed E-state index contributed by atoms with van der Waals surface area (Å²) >= 11 is 5.88. The smallest absolute Gasteiger partial charge is 0.294 e. The highest BCUT2D eigenvalue weighted by Gasteiger charge is 2.26. The lowest BCUT2D eigenvalue weighted by Crippen LogP contribution is -2.42. The first-order valence-corrected chi connectivity index (χ1v) is 6.87. The number of hydrogen-bond donors (Lipinski definition) is 1. The summed E-state index contributed by atoms with van der Waals surface area (Å²) in [5.74, 6) is -0.304. The second-order valence-electron chi connectivity index (χ2n) is 4.90. The van der Waals surface area contributed by atoms with Crippen LogP contribution in [0.4, 0.5) is 11.4 Å². The second kappa shape index (κ2) is 6.28. The van der Waals surface area contributed by atoms with Crippen LogP contribution in [0, 0.1) is 10.1 Å². The van der Waals surface area contributed by atoms with E-state index in [4.69, 9.17) is 22.1 Å². The van der Waals surface area contributed by atoms with Gasteiger partial charge in [-0.2, -0.15) is 0 Å². The van der Waals surface area contributed by atoms with Gasteiger partial charge in [0.1, 0.15) is 5.69 Å². The van der Waals surface area contributed by atoms with Gasteiger partial charge in [-0.3, -0.25) is 14.9 Å². The van der Waals surface area contributed by atoms with Gasteiger partial charge in [-0.15, -0.1) is 0 Å². The summed E-state index contributed by atoms with van der Waals surface area (Å²) in [6.45, 7) is 1.06. The molecule has 1 aromatic rings. The maximum atomic E-state index is 12.4. The molecular formula is C13H16ClN3O4. The van der Waals surface area contributed by atoms with E-state index in [2.05, 4.69) is 0 Å². The molecule has 0 spiro atoms. The second-order valence-corrected chi connectivity index (χ2v) is 5.31. The van der Waals surface area contributed by atoms with Crippen molar-refractivity contribution in [1.29, 1.82) is 0 Å². The van der Waals surface area contributed by atoms with Crippen molar-refractivity contribution in [3.05, 3.63) is 32.8 Å². The van der Waals surface area contributed by atoms with Crippen molar-refractivity contribution in [2.75, 3.05) is 25.9 Å². The van der Waals surface area contributed by atoms with Gasteiger partial charge in [-0.25, -0.2) is 0 Å². The zero-order chi connectivity index (χ0) is 15.6. The number of hydrogen-bond acceptors (Lipinski definition) is 5. The number of likely N-dealkylation sites (tertiary alicyclic amines) is 1. The van der Waals surface area contributed by atoms with Crippen molar-refractivity contribution >= 4 is 28.9 Å². The molecule has 1 aliphatic heterocycles. The van der Waals surface area contributed by atoms with E-state index in [1.165, 1.54) is 12.1 Å². The SMILES string of the molecule is COC1CCCN(C(=O)c2cc(Cl)c(N)c([N+](=O)[O-])c2)C1. The summed E-state index contributed by atoms with van der Waals surface area (Å²) < 4.78 is 5.26. The molecule has 1 aliphatic rings. The first kappa shape index (κ1) is 15.5. The van der Waals surface area contributed by atoms with Gasteiger partial charge in [0.05, 0.1) is 16.0 Å². The van der Waals surface area contributed by atoms with Crippen LogP contribution in [0.3, 0.4) is 0 Å². The molecule has 21 heavy (non-hydrogen) atoms. The molecule has 1 heterocycles. The van der Waals surface area contributed by atoms with Crippen molar-refractivity contribution in [1.82, 2.24) is 4.90 Å². The summed E-state index contributed by atoms with van der Waals surface area (Å²) in [4.78, 5) is 24.4. The van der Waals surface area contributed by atoms with E-state index < -0.39 is 4.92 Å². The summed E-state index contributed by atoms with van der Waals surface area (Å²) in [7, 11) is 1.60. The third kappa shape index (κ3) is 3.25. The Labute approximate surface area is 126 Å². The van der Waals surface area contributed by atoms with Crippen molar-refractivity contribution in [3.8, 4) is 0 Å². The lowest BCUT2D eigenvalue weighted by Gasteiger charge is -2.32. The predicted molar refractivity (Wildman–Crippen MR) is 78.5 cm³/mol. The number of nitro groups is 1. The van der Waals surface area contributed by atoms with Crippen molar-refractivity contribution in [3.63, 3.8) is 0 Å². The third-order valence-electron chi connectivity index (χ3n) is 3.55. The average Bonchev–Trinajstić information content (AvgIpc) is 2.48. The lowest BCUT2D eigenvalue weighted by molar-refractivity contribution is -0.383. The van der Waals surface area contributed by atoms with Crippen LogP contribution in [-0.4, -0.2) is 42.0 Å². The molecule has 1 unspecified atom stereocenters. The Kier molecular flexibility index (Phi) is 4.64. The van der Waals surface area contributed by atoms with Crippen LogP contribution in [0.15, 0.2) is 12.1 Å². The number of rotatable bonds is 3. The molecule has 0 bridgehead atoms. The minimum absolute atomic E-state index is 0.00727. The van der Waals surface area contributed by atoms with Gasteiger partial charge in [0.2, 0.25) is 0 Å². The lowest BCUT2D eigenvalue weighted by atomic mass is 10.1. The molecule has 0 saturated carbocycles. The molecule has 0 aromatic heterocycles. The van der Waals surface area contributed by atoms with Crippen LogP contribution in [0.1, 0.15) is 23.2 Å². The molecule has 1 saturated heterocycles. The Hall–Kier alpha value is -1.86. The Morgan fingerprint density at radius 1 is 1.57 bits per heavy atom. The van der Waals surface area contributed by atoms with Gasteiger partial charge in [0.15, 0.2) is 0 Å². The highest BCUT2D eigenvalue weighted by molar-refractivity contribution is 6.34. The maximum absolute atomic E-state index is 12.4. The zero-order valence-electron chi connectivity index (χ0n) is 11.5. The highest BCUT2D eigenvalue weighted by Crippen LogP contribution is 2.31. The number of benzene rings is 1. The number of carbonyl (C=O) groups is 1. The first-order valence-electron chi connectivity index (χ1n) is 6.49. The van der Waals surface area contributed by atoms with E-state index in [0.29, 0.717) is 13.1 Å². The fourth-order valence-electron chi connectivity index (χ4n) is 2.38. The predicted octanol–water partition coefficient (Wildman–Crippen LogP) is 2.08. The number of nitrogens with two attached hydrogens (primary N) is 1. The van der Waals surface area contributed by atoms with Crippen LogP contribution >= 0.6 is 11.6 Å². The number of anilines is 1. The van der Waals surface area contributed by atoms with Crippen molar-refractivity contribution in [2.24, 2.45) is 0 Å². The van der Waals surface area contributed by atoms with E-state index in [0.717, 1.165) is 12.8 Å². The molecule has 0 radical (unpaired) electrons. The first-order chi connectivity index (χ1) is 9.93. The van der Waals surface area contributed by atoms with Gasteiger partial charge >= 0.3 is 0 Å². The Morgan fingerprint density at radius 2 is 2.29 bits per heavy atom. The normalized spacial score (nSPS) is 18.6. The van der Waals surface area contributed by atoms with E-state index in [-0.39, 0.29) is 34.0 Å². The van der Waals surface area contributed by atoms with Gasteiger partial charge in [-0.1, -0.05) is 11.6 Å². The molecule has 8 heteroatoms. The molecule has 114 valence electrons. The zero-order valence-corrected chi connectivity index (χ0v) is 12.3. The Bertz CT molecular complexity index is 579. The highest BCUT2D eigenvalue weighted by atomic mass is 35.5.